The standard InChI is InChI=1S/C12H13Cl2N3O2S/c1-6-4-5-9(13)11(10(6)14)17-20(18,19)12-7(2)15-16-8(12)3/h4-5,17H,1-3H3,(H,15,16). The van der Waals surface area contributed by atoms with E-state index in [4.69, 9.17) is 23.2 Å². The van der Waals surface area contributed by atoms with E-state index in [1.165, 1.54) is 0 Å². The fourth-order valence-electron chi connectivity index (χ4n) is 1.87. The molecular weight excluding hydrogens is 321 g/mol. The Bertz CT molecular complexity index is 750. The number of sulfonamides is 1. The molecule has 1 heterocycles. The Morgan fingerprint density at radius 3 is 2.40 bits per heavy atom. The van der Waals surface area contributed by atoms with E-state index in [1.54, 1.807) is 32.9 Å². The number of nitrogens with one attached hydrogen (secondary N) is 2. The number of benzene rings is 1. The van der Waals surface area contributed by atoms with Gasteiger partial charge in [0.25, 0.3) is 10.0 Å². The van der Waals surface area contributed by atoms with Gasteiger partial charge >= 0.3 is 0 Å². The Hall–Kier alpha value is -1.24. The molecule has 0 unspecified atom stereocenters. The second-order valence-corrected chi connectivity index (χ2v) is 6.83. The Balaban J connectivity index is 2.53. The van der Waals surface area contributed by atoms with Crippen molar-refractivity contribution in [2.75, 3.05) is 4.72 Å². The normalized spacial score (nSPS) is 11.7. The highest BCUT2D eigenvalue weighted by Gasteiger charge is 2.24. The number of hydrogen-bond donors (Lipinski definition) is 2. The summed E-state index contributed by atoms with van der Waals surface area (Å²) >= 11 is 12.1. The van der Waals surface area contributed by atoms with Gasteiger partial charge in [-0.2, -0.15) is 5.10 Å². The highest BCUT2D eigenvalue weighted by atomic mass is 35.5. The van der Waals surface area contributed by atoms with Crippen molar-refractivity contribution in [1.29, 1.82) is 0 Å². The van der Waals surface area contributed by atoms with Gasteiger partial charge in [-0.3, -0.25) is 9.82 Å². The van der Waals surface area contributed by atoms with Crippen molar-refractivity contribution < 1.29 is 8.42 Å². The molecule has 20 heavy (non-hydrogen) atoms. The third-order valence-corrected chi connectivity index (χ3v) is 5.26. The van der Waals surface area contributed by atoms with Gasteiger partial charge in [0.15, 0.2) is 0 Å². The van der Waals surface area contributed by atoms with E-state index in [0.29, 0.717) is 11.4 Å². The molecule has 0 saturated carbocycles. The largest absolute Gasteiger partial charge is 0.281 e. The summed E-state index contributed by atoms with van der Waals surface area (Å²) in [5, 5.41) is 7.03. The molecule has 2 N–H and O–H groups in total. The first-order valence-electron chi connectivity index (χ1n) is 5.73. The van der Waals surface area contributed by atoms with E-state index in [0.717, 1.165) is 5.56 Å². The number of hydrogen-bond acceptors (Lipinski definition) is 3. The molecule has 0 atom stereocenters. The molecule has 8 heteroatoms. The molecule has 0 saturated heterocycles. The summed E-state index contributed by atoms with van der Waals surface area (Å²) in [5.41, 5.74) is 1.74. The average Bonchev–Trinajstić information content (AvgIpc) is 2.70. The van der Waals surface area contributed by atoms with Crippen molar-refractivity contribution >= 4 is 38.9 Å². The van der Waals surface area contributed by atoms with Gasteiger partial charge in [-0.25, -0.2) is 8.42 Å². The summed E-state index contributed by atoms with van der Waals surface area (Å²) in [6, 6.07) is 3.31. The fraction of sp³-hybridized carbons (Fsp3) is 0.250. The molecule has 5 nitrogen and oxygen atoms in total. The first kappa shape index (κ1) is 15.2. The van der Waals surface area contributed by atoms with Crippen LogP contribution in [0.4, 0.5) is 5.69 Å². The zero-order chi connectivity index (χ0) is 15.1. The van der Waals surface area contributed by atoms with Gasteiger partial charge in [-0.05, 0) is 32.4 Å². The first-order chi connectivity index (χ1) is 9.24. The number of nitrogens with zero attached hydrogens (tertiary/aromatic N) is 1. The smallest absolute Gasteiger partial charge is 0.265 e. The number of halogens is 2. The van der Waals surface area contributed by atoms with Crippen LogP contribution in [-0.4, -0.2) is 18.6 Å². The Morgan fingerprint density at radius 1 is 1.20 bits per heavy atom. The molecule has 1 aromatic carbocycles. The molecule has 108 valence electrons. The van der Waals surface area contributed by atoms with E-state index < -0.39 is 10.0 Å². The molecule has 0 aliphatic rings. The van der Waals surface area contributed by atoms with Crippen LogP contribution in [-0.2, 0) is 10.0 Å². The first-order valence-corrected chi connectivity index (χ1v) is 7.97. The Kier molecular flexibility index (Phi) is 4.00. The predicted molar refractivity (Wildman–Crippen MR) is 80.1 cm³/mol. The van der Waals surface area contributed by atoms with Crippen molar-refractivity contribution in [2.45, 2.75) is 25.7 Å². The lowest BCUT2D eigenvalue weighted by Gasteiger charge is -2.12. The van der Waals surface area contributed by atoms with Crippen LogP contribution < -0.4 is 4.72 Å². The Labute approximate surface area is 127 Å². The van der Waals surface area contributed by atoms with E-state index in [1.807, 2.05) is 0 Å². The van der Waals surface area contributed by atoms with Crippen LogP contribution in [0.15, 0.2) is 17.0 Å². The molecule has 0 aliphatic heterocycles. The second-order valence-electron chi connectivity index (χ2n) is 4.42. The SMILES string of the molecule is Cc1ccc(Cl)c(NS(=O)(=O)c2c(C)n[nH]c2C)c1Cl. The predicted octanol–water partition coefficient (Wildman–Crippen LogP) is 3.44. The summed E-state index contributed by atoms with van der Waals surface area (Å²) in [6.07, 6.45) is 0. The summed E-state index contributed by atoms with van der Waals surface area (Å²) in [4.78, 5) is 0.103. The fourth-order valence-corrected chi connectivity index (χ4v) is 3.92. The molecule has 2 aromatic rings. The van der Waals surface area contributed by atoms with Crippen LogP contribution in [0.2, 0.25) is 10.0 Å². The quantitative estimate of drug-likeness (QED) is 0.903. The molecular formula is C12H13Cl2N3O2S. The molecule has 0 aliphatic carbocycles. The van der Waals surface area contributed by atoms with Crippen molar-refractivity contribution in [3.8, 4) is 0 Å². The van der Waals surface area contributed by atoms with Crippen molar-refractivity contribution in [3.05, 3.63) is 39.1 Å². The van der Waals surface area contributed by atoms with Crippen LogP contribution in [0.3, 0.4) is 0 Å². The number of H-pyrrole nitrogens is 1. The summed E-state index contributed by atoms with van der Waals surface area (Å²) < 4.78 is 27.3. The van der Waals surface area contributed by atoms with Gasteiger partial charge in [0, 0.05) is 0 Å². The topological polar surface area (TPSA) is 74.8 Å². The van der Waals surface area contributed by atoms with Crippen molar-refractivity contribution in [1.82, 2.24) is 10.2 Å². The summed E-state index contributed by atoms with van der Waals surface area (Å²) in [7, 11) is -3.81. The minimum absolute atomic E-state index is 0.103. The molecule has 0 radical (unpaired) electrons. The lowest BCUT2D eigenvalue weighted by Crippen LogP contribution is -2.15. The van der Waals surface area contributed by atoms with Crippen LogP contribution >= 0.6 is 23.2 Å². The third-order valence-electron chi connectivity index (χ3n) is 2.85. The van der Waals surface area contributed by atoms with E-state index in [2.05, 4.69) is 14.9 Å². The van der Waals surface area contributed by atoms with Crippen LogP contribution in [0.1, 0.15) is 17.0 Å². The molecule has 0 amide bonds. The maximum absolute atomic E-state index is 12.4. The van der Waals surface area contributed by atoms with E-state index in [-0.39, 0.29) is 20.6 Å². The van der Waals surface area contributed by atoms with Gasteiger partial charge in [0.05, 0.1) is 27.1 Å². The number of anilines is 1. The lowest BCUT2D eigenvalue weighted by molar-refractivity contribution is 0.600. The van der Waals surface area contributed by atoms with E-state index >= 15 is 0 Å². The van der Waals surface area contributed by atoms with Crippen molar-refractivity contribution in [2.24, 2.45) is 0 Å². The van der Waals surface area contributed by atoms with Gasteiger partial charge in [0.2, 0.25) is 0 Å². The highest BCUT2D eigenvalue weighted by Crippen LogP contribution is 2.35. The lowest BCUT2D eigenvalue weighted by atomic mass is 10.2. The van der Waals surface area contributed by atoms with E-state index in [9.17, 15) is 8.42 Å². The monoisotopic (exact) mass is 333 g/mol. The summed E-state index contributed by atoms with van der Waals surface area (Å²) in [6.45, 7) is 5.01. The molecule has 0 bridgehead atoms. The zero-order valence-corrected chi connectivity index (χ0v) is 13.4. The average molecular weight is 334 g/mol. The van der Waals surface area contributed by atoms with Crippen molar-refractivity contribution in [3.63, 3.8) is 0 Å². The maximum Gasteiger partial charge on any atom is 0.265 e. The Morgan fingerprint density at radius 2 is 1.85 bits per heavy atom. The number of rotatable bonds is 3. The minimum atomic E-state index is -3.81. The minimum Gasteiger partial charge on any atom is -0.281 e. The van der Waals surface area contributed by atoms with Gasteiger partial charge in [0.1, 0.15) is 4.90 Å². The molecule has 2 rings (SSSR count). The van der Waals surface area contributed by atoms with Crippen LogP contribution in [0, 0.1) is 20.8 Å². The van der Waals surface area contributed by atoms with Crippen LogP contribution in [0.25, 0.3) is 0 Å². The maximum atomic E-state index is 12.4. The zero-order valence-electron chi connectivity index (χ0n) is 11.1. The molecule has 0 fully saturated rings. The third kappa shape index (κ3) is 2.63. The second kappa shape index (κ2) is 5.27. The number of aromatic nitrogens is 2. The van der Waals surface area contributed by atoms with Gasteiger partial charge < -0.3 is 0 Å². The van der Waals surface area contributed by atoms with Crippen LogP contribution in [0.5, 0.6) is 0 Å². The molecule has 1 aromatic heterocycles. The molecule has 0 spiro atoms. The summed E-state index contributed by atoms with van der Waals surface area (Å²) in [5.74, 6) is 0. The van der Waals surface area contributed by atoms with Gasteiger partial charge in [-0.15, -0.1) is 0 Å². The number of aromatic amines is 1. The van der Waals surface area contributed by atoms with Gasteiger partial charge in [-0.1, -0.05) is 29.3 Å². The number of aryl methyl sites for hydroxylation is 3. The highest BCUT2D eigenvalue weighted by molar-refractivity contribution is 7.92.